The zero-order valence-corrected chi connectivity index (χ0v) is 11.8. The molecule has 0 radical (unpaired) electrons. The molecule has 5 nitrogen and oxygen atoms in total. The molecule has 1 aromatic carbocycles. The molecule has 1 aliphatic carbocycles. The second-order valence-electron chi connectivity index (χ2n) is 5.22. The summed E-state index contributed by atoms with van der Waals surface area (Å²) in [6.45, 7) is 0. The number of benzene rings is 1. The molecule has 0 unspecified atom stereocenters. The van der Waals surface area contributed by atoms with Gasteiger partial charge < -0.3 is 5.73 Å². The molecule has 0 spiro atoms. The van der Waals surface area contributed by atoms with Crippen molar-refractivity contribution >= 4 is 22.0 Å². The van der Waals surface area contributed by atoms with E-state index in [9.17, 15) is 0 Å². The third-order valence-corrected chi connectivity index (χ3v) is 4.62. The van der Waals surface area contributed by atoms with Crippen molar-refractivity contribution in [3.8, 4) is 0 Å². The molecule has 0 saturated heterocycles. The van der Waals surface area contributed by atoms with Gasteiger partial charge in [-0.3, -0.25) is 0 Å². The Hall–Kier alpha value is -1.95. The molecule has 1 fully saturated rings. The fourth-order valence-electron chi connectivity index (χ4n) is 2.37. The second kappa shape index (κ2) is 4.56. The van der Waals surface area contributed by atoms with Gasteiger partial charge in [0.25, 0.3) is 0 Å². The molecule has 102 valence electrons. The van der Waals surface area contributed by atoms with Crippen LogP contribution in [0.3, 0.4) is 0 Å². The molecular weight excluding hydrogens is 270 g/mol. The summed E-state index contributed by atoms with van der Waals surface area (Å²) in [6, 6.07) is 8.00. The van der Waals surface area contributed by atoms with Gasteiger partial charge in [0, 0.05) is 18.0 Å². The predicted octanol–water partition coefficient (Wildman–Crippen LogP) is 2.43. The smallest absolute Gasteiger partial charge is 0.234 e. The Labute approximate surface area is 120 Å². The zero-order chi connectivity index (χ0) is 13.5. The zero-order valence-electron chi connectivity index (χ0n) is 11.0. The monoisotopic (exact) mass is 285 g/mol. The summed E-state index contributed by atoms with van der Waals surface area (Å²) in [5.41, 5.74) is 8.00. The molecule has 0 bridgehead atoms. The van der Waals surface area contributed by atoms with Crippen LogP contribution in [-0.4, -0.2) is 19.8 Å². The number of hydrogen-bond donors (Lipinski definition) is 1. The summed E-state index contributed by atoms with van der Waals surface area (Å²) in [7, 11) is 0. The van der Waals surface area contributed by atoms with Crippen molar-refractivity contribution in [1.82, 2.24) is 19.8 Å². The molecule has 0 atom stereocenters. The maximum atomic E-state index is 5.97. The first-order chi connectivity index (χ1) is 9.81. The summed E-state index contributed by atoms with van der Waals surface area (Å²) < 4.78 is 1.92. The lowest BCUT2D eigenvalue weighted by Crippen LogP contribution is -1.98. The molecule has 0 aliphatic heterocycles. The topological polar surface area (TPSA) is 69.1 Å². The SMILES string of the molecule is Nc1ccccc1CCc1nn2c(C3CC3)nnc2s1. The highest BCUT2D eigenvalue weighted by atomic mass is 32.1. The van der Waals surface area contributed by atoms with E-state index in [-0.39, 0.29) is 0 Å². The van der Waals surface area contributed by atoms with Gasteiger partial charge in [-0.2, -0.15) is 9.61 Å². The Morgan fingerprint density at radius 1 is 1.20 bits per heavy atom. The molecule has 1 saturated carbocycles. The highest BCUT2D eigenvalue weighted by molar-refractivity contribution is 7.16. The molecule has 20 heavy (non-hydrogen) atoms. The van der Waals surface area contributed by atoms with Crippen LogP contribution in [0.1, 0.15) is 35.2 Å². The first-order valence-corrected chi connectivity index (χ1v) is 7.67. The average molecular weight is 285 g/mol. The standard InChI is InChI=1S/C14H15N5S/c15-11-4-2-1-3-9(11)7-8-12-18-19-13(10-5-6-10)16-17-14(19)20-12/h1-4,10H,5-8,15H2. The molecule has 2 heterocycles. The van der Waals surface area contributed by atoms with Crippen molar-refractivity contribution in [2.45, 2.75) is 31.6 Å². The van der Waals surface area contributed by atoms with Crippen LogP contribution in [0, 0.1) is 0 Å². The van der Waals surface area contributed by atoms with E-state index in [4.69, 9.17) is 5.73 Å². The van der Waals surface area contributed by atoms with E-state index in [2.05, 4.69) is 21.4 Å². The van der Waals surface area contributed by atoms with Gasteiger partial charge in [0.05, 0.1) is 0 Å². The molecule has 0 amide bonds. The minimum atomic E-state index is 0.574. The van der Waals surface area contributed by atoms with Crippen molar-refractivity contribution in [2.75, 3.05) is 5.73 Å². The number of fused-ring (bicyclic) bond motifs is 1. The summed E-state index contributed by atoms with van der Waals surface area (Å²) >= 11 is 1.63. The lowest BCUT2D eigenvalue weighted by molar-refractivity contribution is 0.794. The van der Waals surface area contributed by atoms with Crippen molar-refractivity contribution in [1.29, 1.82) is 0 Å². The minimum absolute atomic E-state index is 0.574. The minimum Gasteiger partial charge on any atom is -0.399 e. The Kier molecular flexibility index (Phi) is 2.70. The van der Waals surface area contributed by atoms with E-state index < -0.39 is 0 Å². The number of anilines is 1. The molecule has 2 aromatic heterocycles. The van der Waals surface area contributed by atoms with Crippen molar-refractivity contribution in [3.05, 3.63) is 40.7 Å². The largest absolute Gasteiger partial charge is 0.399 e. The van der Waals surface area contributed by atoms with Gasteiger partial charge in [-0.1, -0.05) is 29.5 Å². The fraction of sp³-hybridized carbons (Fsp3) is 0.357. The lowest BCUT2D eigenvalue weighted by atomic mass is 10.1. The number of nitrogen functional groups attached to an aromatic ring is 1. The Morgan fingerprint density at radius 2 is 2.05 bits per heavy atom. The predicted molar refractivity (Wildman–Crippen MR) is 78.9 cm³/mol. The summed E-state index contributed by atoms with van der Waals surface area (Å²) in [5.74, 6) is 1.60. The Balaban J connectivity index is 1.55. The number of aryl methyl sites for hydroxylation is 2. The van der Waals surface area contributed by atoms with Crippen LogP contribution >= 0.6 is 11.3 Å². The number of nitrogens with two attached hydrogens (primary N) is 1. The van der Waals surface area contributed by atoms with E-state index in [1.807, 2.05) is 22.7 Å². The van der Waals surface area contributed by atoms with E-state index in [0.717, 1.165) is 34.3 Å². The number of para-hydroxylation sites is 1. The lowest BCUT2D eigenvalue weighted by Gasteiger charge is -2.02. The van der Waals surface area contributed by atoms with Gasteiger partial charge in [0.15, 0.2) is 5.82 Å². The van der Waals surface area contributed by atoms with E-state index in [1.54, 1.807) is 11.3 Å². The molecule has 3 aromatic rings. The number of aromatic nitrogens is 4. The van der Waals surface area contributed by atoms with Crippen LogP contribution in [0.5, 0.6) is 0 Å². The van der Waals surface area contributed by atoms with Gasteiger partial charge in [-0.15, -0.1) is 10.2 Å². The quantitative estimate of drug-likeness (QED) is 0.747. The van der Waals surface area contributed by atoms with E-state index in [0.29, 0.717) is 5.92 Å². The first kappa shape index (κ1) is 11.8. The molecule has 2 N–H and O–H groups in total. The van der Waals surface area contributed by atoms with Crippen LogP contribution in [0.15, 0.2) is 24.3 Å². The Morgan fingerprint density at radius 3 is 2.85 bits per heavy atom. The third kappa shape index (κ3) is 2.06. The van der Waals surface area contributed by atoms with Gasteiger partial charge in [-0.25, -0.2) is 0 Å². The van der Waals surface area contributed by atoms with Crippen LogP contribution < -0.4 is 5.73 Å². The van der Waals surface area contributed by atoms with Crippen molar-refractivity contribution in [2.24, 2.45) is 0 Å². The van der Waals surface area contributed by atoms with E-state index >= 15 is 0 Å². The molecule has 6 heteroatoms. The van der Waals surface area contributed by atoms with Crippen LogP contribution in [0.4, 0.5) is 5.69 Å². The van der Waals surface area contributed by atoms with Crippen molar-refractivity contribution in [3.63, 3.8) is 0 Å². The highest BCUT2D eigenvalue weighted by Gasteiger charge is 2.29. The molecule has 4 rings (SSSR count). The average Bonchev–Trinajstić information content (AvgIpc) is 3.09. The Bertz CT molecular complexity index is 756. The normalized spacial score (nSPS) is 15.0. The fourth-order valence-corrected chi connectivity index (χ4v) is 3.21. The van der Waals surface area contributed by atoms with Gasteiger partial charge in [0.2, 0.25) is 4.96 Å². The van der Waals surface area contributed by atoms with Crippen LogP contribution in [0.2, 0.25) is 0 Å². The molecular formula is C14H15N5S. The van der Waals surface area contributed by atoms with Gasteiger partial charge in [0.1, 0.15) is 5.01 Å². The number of rotatable bonds is 4. The van der Waals surface area contributed by atoms with Gasteiger partial charge >= 0.3 is 0 Å². The van der Waals surface area contributed by atoms with E-state index in [1.165, 1.54) is 18.4 Å². The maximum Gasteiger partial charge on any atom is 0.234 e. The van der Waals surface area contributed by atoms with Crippen LogP contribution in [0.25, 0.3) is 4.96 Å². The maximum absolute atomic E-state index is 5.97. The van der Waals surface area contributed by atoms with Crippen LogP contribution in [-0.2, 0) is 12.8 Å². The number of nitrogens with zero attached hydrogens (tertiary/aromatic N) is 4. The summed E-state index contributed by atoms with van der Waals surface area (Å²) in [4.78, 5) is 0.905. The van der Waals surface area contributed by atoms with Gasteiger partial charge in [-0.05, 0) is 30.9 Å². The highest BCUT2D eigenvalue weighted by Crippen LogP contribution is 2.39. The third-order valence-electron chi connectivity index (χ3n) is 3.66. The number of hydrogen-bond acceptors (Lipinski definition) is 5. The second-order valence-corrected chi connectivity index (χ2v) is 6.26. The van der Waals surface area contributed by atoms with Crippen molar-refractivity contribution < 1.29 is 0 Å². The molecule has 1 aliphatic rings. The summed E-state index contributed by atoms with van der Waals surface area (Å²) in [5, 5.41) is 14.2. The summed E-state index contributed by atoms with van der Waals surface area (Å²) in [6.07, 6.45) is 4.24. The first-order valence-electron chi connectivity index (χ1n) is 6.85.